The van der Waals surface area contributed by atoms with Crippen LogP contribution in [0.4, 0.5) is 0 Å². The van der Waals surface area contributed by atoms with Gasteiger partial charge in [-0.1, -0.05) is 47.6 Å². The number of aromatic nitrogens is 4. The van der Waals surface area contributed by atoms with Crippen LogP contribution >= 0.6 is 0 Å². The number of oxime groups is 1. The Hall–Kier alpha value is -5.12. The molecule has 0 radical (unpaired) electrons. The Morgan fingerprint density at radius 1 is 1.00 bits per heavy atom. The van der Waals surface area contributed by atoms with E-state index in [2.05, 4.69) is 15.1 Å². The number of methoxy groups -OCH3 is 1. The van der Waals surface area contributed by atoms with E-state index in [0.717, 1.165) is 11.3 Å². The van der Waals surface area contributed by atoms with Crippen LogP contribution in [0.2, 0.25) is 0 Å². The van der Waals surface area contributed by atoms with Gasteiger partial charge in [0.2, 0.25) is 0 Å². The van der Waals surface area contributed by atoms with Gasteiger partial charge in [-0.3, -0.25) is 0 Å². The first kappa shape index (κ1) is 24.6. The lowest BCUT2D eigenvalue weighted by Crippen LogP contribution is -2.17. The third-order valence-corrected chi connectivity index (χ3v) is 5.77. The van der Waals surface area contributed by atoms with E-state index in [1.807, 2.05) is 73.7 Å². The van der Waals surface area contributed by atoms with Crippen molar-refractivity contribution in [1.29, 1.82) is 0 Å². The van der Waals surface area contributed by atoms with Gasteiger partial charge in [-0.15, -0.1) is 0 Å². The van der Waals surface area contributed by atoms with Crippen LogP contribution in [0.15, 0.2) is 88.8 Å². The standard InChI is InChI=1S/C28H26N6O4/c1-3-37-20-15-13-19(14-16-20)26-30-23(25(29)33-38-17-18-9-5-4-6-10-18)24-27(32-26)34(28(35)31-24)21-11-7-8-12-22(21)36-2/h4-16H,3,17H2,1-2H3,(H2,29,33)(H,31,35). The van der Waals surface area contributed by atoms with Gasteiger partial charge in [0.05, 0.1) is 19.4 Å². The molecule has 5 rings (SSSR count). The Bertz CT molecular complexity index is 1640. The van der Waals surface area contributed by atoms with Crippen molar-refractivity contribution >= 4 is 17.0 Å². The summed E-state index contributed by atoms with van der Waals surface area (Å²) in [5.74, 6) is 1.57. The van der Waals surface area contributed by atoms with Crippen LogP contribution in [0.1, 0.15) is 18.2 Å². The van der Waals surface area contributed by atoms with Gasteiger partial charge in [-0.25, -0.2) is 19.3 Å². The second-order valence-corrected chi connectivity index (χ2v) is 8.22. The number of H-pyrrole nitrogens is 1. The minimum atomic E-state index is -0.429. The highest BCUT2D eigenvalue weighted by atomic mass is 16.6. The fraction of sp³-hybridized carbons (Fsp3) is 0.143. The van der Waals surface area contributed by atoms with Crippen molar-refractivity contribution in [2.24, 2.45) is 10.9 Å². The zero-order chi connectivity index (χ0) is 26.5. The number of rotatable bonds is 9. The number of hydrogen-bond donors (Lipinski definition) is 2. The Balaban J connectivity index is 1.65. The first-order chi connectivity index (χ1) is 18.6. The highest BCUT2D eigenvalue weighted by Crippen LogP contribution is 2.27. The quantitative estimate of drug-likeness (QED) is 0.174. The second kappa shape index (κ2) is 10.9. The Morgan fingerprint density at radius 2 is 1.74 bits per heavy atom. The highest BCUT2D eigenvalue weighted by molar-refractivity contribution is 6.05. The van der Waals surface area contributed by atoms with Crippen LogP contribution < -0.4 is 20.9 Å². The van der Waals surface area contributed by atoms with Gasteiger partial charge in [0.25, 0.3) is 0 Å². The number of nitrogens with two attached hydrogens (primary N) is 1. The number of aromatic amines is 1. The Morgan fingerprint density at radius 3 is 2.47 bits per heavy atom. The molecule has 0 aliphatic heterocycles. The fourth-order valence-electron chi connectivity index (χ4n) is 4.00. The smallest absolute Gasteiger partial charge is 0.332 e. The molecule has 10 heteroatoms. The molecule has 0 amide bonds. The van der Waals surface area contributed by atoms with E-state index >= 15 is 0 Å². The van der Waals surface area contributed by atoms with E-state index in [1.54, 1.807) is 19.2 Å². The second-order valence-electron chi connectivity index (χ2n) is 8.22. The Labute approximate surface area is 218 Å². The topological polar surface area (TPSA) is 130 Å². The molecule has 0 saturated carbocycles. The summed E-state index contributed by atoms with van der Waals surface area (Å²) in [7, 11) is 1.54. The van der Waals surface area contributed by atoms with Crippen LogP contribution in [0.25, 0.3) is 28.2 Å². The lowest BCUT2D eigenvalue weighted by atomic mass is 10.2. The Kier molecular flexibility index (Phi) is 7.03. The molecule has 5 aromatic rings. The number of ether oxygens (including phenoxy) is 2. The number of nitrogens with zero attached hydrogens (tertiary/aromatic N) is 4. The van der Waals surface area contributed by atoms with Crippen molar-refractivity contribution in [3.63, 3.8) is 0 Å². The maximum atomic E-state index is 13.2. The molecule has 0 aliphatic rings. The fourth-order valence-corrected chi connectivity index (χ4v) is 4.00. The number of imidazole rings is 1. The van der Waals surface area contributed by atoms with Gasteiger partial charge in [0.1, 0.15) is 29.3 Å². The summed E-state index contributed by atoms with van der Waals surface area (Å²) in [6, 6.07) is 24.1. The zero-order valence-electron chi connectivity index (χ0n) is 20.9. The van der Waals surface area contributed by atoms with E-state index < -0.39 is 5.69 Å². The van der Waals surface area contributed by atoms with Gasteiger partial charge in [0, 0.05) is 5.56 Å². The SMILES string of the molecule is CCOc1ccc(-c2nc(C(N)=NOCc3ccccc3)c3[nH]c(=O)n(-c4ccccc4OC)c3n2)cc1. The van der Waals surface area contributed by atoms with Gasteiger partial charge in [-0.05, 0) is 48.9 Å². The summed E-state index contributed by atoms with van der Waals surface area (Å²) in [6.07, 6.45) is 0. The van der Waals surface area contributed by atoms with Crippen LogP contribution in [0.3, 0.4) is 0 Å². The summed E-state index contributed by atoms with van der Waals surface area (Å²) in [6.45, 7) is 2.69. The molecule has 0 atom stereocenters. The van der Waals surface area contributed by atoms with Gasteiger partial charge in [0.15, 0.2) is 17.3 Å². The first-order valence-electron chi connectivity index (χ1n) is 12.0. The molecule has 192 valence electrons. The van der Waals surface area contributed by atoms with Crippen LogP contribution in [0, 0.1) is 0 Å². The van der Waals surface area contributed by atoms with Crippen molar-refractivity contribution < 1.29 is 14.3 Å². The minimum Gasteiger partial charge on any atom is -0.495 e. The largest absolute Gasteiger partial charge is 0.495 e. The average molecular weight is 511 g/mol. The molecule has 0 fully saturated rings. The molecule has 3 aromatic carbocycles. The summed E-state index contributed by atoms with van der Waals surface area (Å²) >= 11 is 0. The number of amidine groups is 1. The van der Waals surface area contributed by atoms with E-state index in [-0.39, 0.29) is 18.1 Å². The number of nitrogens with one attached hydrogen (secondary N) is 1. The van der Waals surface area contributed by atoms with Gasteiger partial charge in [-0.2, -0.15) is 0 Å². The predicted molar refractivity (Wildman–Crippen MR) is 145 cm³/mol. The van der Waals surface area contributed by atoms with Crippen LogP contribution in [-0.4, -0.2) is 39.1 Å². The molecule has 0 spiro atoms. The minimum absolute atomic E-state index is 0.00561. The van der Waals surface area contributed by atoms with E-state index in [9.17, 15) is 4.79 Å². The first-order valence-corrected chi connectivity index (χ1v) is 12.0. The number of benzene rings is 3. The van der Waals surface area contributed by atoms with Crippen LogP contribution in [0.5, 0.6) is 11.5 Å². The average Bonchev–Trinajstić information content (AvgIpc) is 3.29. The lowest BCUT2D eigenvalue weighted by Gasteiger charge is -2.11. The zero-order valence-corrected chi connectivity index (χ0v) is 20.9. The molecule has 0 aliphatic carbocycles. The van der Waals surface area contributed by atoms with Crippen molar-refractivity contribution in [3.05, 3.63) is 101 Å². The molecular weight excluding hydrogens is 484 g/mol. The molecule has 0 saturated heterocycles. The molecule has 0 bridgehead atoms. The predicted octanol–water partition coefficient (Wildman–Crippen LogP) is 4.02. The molecular formula is C28H26N6O4. The monoisotopic (exact) mass is 510 g/mol. The third-order valence-electron chi connectivity index (χ3n) is 5.77. The summed E-state index contributed by atoms with van der Waals surface area (Å²) in [4.78, 5) is 30.9. The normalized spacial score (nSPS) is 11.5. The maximum absolute atomic E-state index is 13.2. The molecule has 10 nitrogen and oxygen atoms in total. The van der Waals surface area contributed by atoms with E-state index in [0.29, 0.717) is 40.6 Å². The summed E-state index contributed by atoms with van der Waals surface area (Å²) in [5.41, 5.74) is 8.94. The molecule has 2 heterocycles. The van der Waals surface area contributed by atoms with Crippen molar-refractivity contribution in [1.82, 2.24) is 19.5 Å². The highest BCUT2D eigenvalue weighted by Gasteiger charge is 2.21. The van der Waals surface area contributed by atoms with E-state index in [1.165, 1.54) is 4.57 Å². The van der Waals surface area contributed by atoms with E-state index in [4.69, 9.17) is 25.0 Å². The molecule has 38 heavy (non-hydrogen) atoms. The summed E-state index contributed by atoms with van der Waals surface area (Å²) in [5, 5.41) is 4.09. The third kappa shape index (κ3) is 4.92. The molecule has 2 aromatic heterocycles. The number of fused-ring (bicyclic) bond motifs is 1. The van der Waals surface area contributed by atoms with Gasteiger partial charge >= 0.3 is 5.69 Å². The number of hydrogen-bond acceptors (Lipinski definition) is 7. The number of para-hydroxylation sites is 2. The van der Waals surface area contributed by atoms with Crippen molar-refractivity contribution in [2.45, 2.75) is 13.5 Å². The van der Waals surface area contributed by atoms with Crippen LogP contribution in [-0.2, 0) is 11.4 Å². The molecule has 3 N–H and O–H groups in total. The summed E-state index contributed by atoms with van der Waals surface area (Å²) < 4.78 is 12.5. The van der Waals surface area contributed by atoms with Crippen molar-refractivity contribution in [2.75, 3.05) is 13.7 Å². The maximum Gasteiger partial charge on any atom is 0.332 e. The molecule has 0 unspecified atom stereocenters. The van der Waals surface area contributed by atoms with Crippen molar-refractivity contribution in [3.8, 4) is 28.6 Å². The van der Waals surface area contributed by atoms with Gasteiger partial charge < -0.3 is 25.0 Å². The lowest BCUT2D eigenvalue weighted by molar-refractivity contribution is 0.130.